The van der Waals surface area contributed by atoms with Crippen LogP contribution in [-0.2, 0) is 14.3 Å². The average molecular weight is 675 g/mol. The largest absolute Gasteiger partial charge is 0.465 e. The number of halogens is 3. The zero-order valence-electron chi connectivity index (χ0n) is 29.7. The van der Waals surface area contributed by atoms with Crippen LogP contribution in [0.2, 0.25) is 5.02 Å². The van der Waals surface area contributed by atoms with Crippen LogP contribution in [0.1, 0.15) is 118 Å². The molecule has 1 saturated carbocycles. The van der Waals surface area contributed by atoms with Crippen LogP contribution in [0.4, 0.5) is 8.78 Å². The molecule has 1 heterocycles. The molecule has 0 aromatic heterocycles. The van der Waals surface area contributed by atoms with E-state index in [4.69, 9.17) is 21.1 Å². The van der Waals surface area contributed by atoms with Gasteiger partial charge in [0, 0.05) is 18.5 Å². The number of ether oxygens (including phenoxy) is 2. The maximum Gasteiger partial charge on any atom is 0.328 e. The van der Waals surface area contributed by atoms with Crippen LogP contribution in [0.5, 0.6) is 0 Å². The van der Waals surface area contributed by atoms with Gasteiger partial charge in [0.1, 0.15) is 12.6 Å². The summed E-state index contributed by atoms with van der Waals surface area (Å²) < 4.78 is 38.1. The second-order valence-corrected chi connectivity index (χ2v) is 15.5. The predicted octanol–water partition coefficient (Wildman–Crippen LogP) is 9.49. The molecule has 0 N–H and O–H groups in total. The van der Waals surface area contributed by atoms with Crippen LogP contribution in [0.15, 0.2) is 36.4 Å². The van der Waals surface area contributed by atoms with Crippen LogP contribution in [0.25, 0.3) is 0 Å². The van der Waals surface area contributed by atoms with Gasteiger partial charge in [0.15, 0.2) is 0 Å². The molecule has 0 bridgehead atoms. The lowest BCUT2D eigenvalue weighted by Crippen LogP contribution is -2.35. The molecule has 1 unspecified atom stereocenters. The summed E-state index contributed by atoms with van der Waals surface area (Å²) >= 11 is 6.52. The SMILES string of the molecule is CCOC(=O)C(c1cccc(C)c1C1CCC(OCC(C)(F)F)CC1)N(C)CC[C@H](CCN1CCC(C)(C)C1)c1cc(Cl)ccc1C. The fourth-order valence-corrected chi connectivity index (χ4v) is 7.98. The molecule has 5 nitrogen and oxygen atoms in total. The quantitative estimate of drug-likeness (QED) is 0.176. The number of benzene rings is 2. The van der Waals surface area contributed by atoms with Crippen molar-refractivity contribution < 1.29 is 23.0 Å². The number of carbonyl (C=O) groups is 1. The van der Waals surface area contributed by atoms with Crippen LogP contribution < -0.4 is 0 Å². The summed E-state index contributed by atoms with van der Waals surface area (Å²) in [5.41, 5.74) is 6.22. The second-order valence-electron chi connectivity index (χ2n) is 15.0. The predicted molar refractivity (Wildman–Crippen MR) is 188 cm³/mol. The van der Waals surface area contributed by atoms with Crippen molar-refractivity contribution in [2.45, 2.75) is 116 Å². The van der Waals surface area contributed by atoms with Crippen LogP contribution in [0, 0.1) is 19.3 Å². The Morgan fingerprint density at radius 2 is 1.81 bits per heavy atom. The number of hydrogen-bond donors (Lipinski definition) is 0. The van der Waals surface area contributed by atoms with Gasteiger partial charge in [0.2, 0.25) is 0 Å². The summed E-state index contributed by atoms with van der Waals surface area (Å²) in [5.74, 6) is -2.54. The van der Waals surface area contributed by atoms with Gasteiger partial charge >= 0.3 is 5.97 Å². The Hall–Kier alpha value is -2.06. The summed E-state index contributed by atoms with van der Waals surface area (Å²) in [6.45, 7) is 15.5. The van der Waals surface area contributed by atoms with Gasteiger partial charge in [-0.2, -0.15) is 0 Å². The average Bonchev–Trinajstić information content (AvgIpc) is 3.36. The van der Waals surface area contributed by atoms with E-state index in [0.29, 0.717) is 24.5 Å². The molecule has 2 aliphatic rings. The van der Waals surface area contributed by atoms with E-state index in [2.05, 4.69) is 61.8 Å². The molecule has 2 atom stereocenters. The van der Waals surface area contributed by atoms with E-state index in [-0.39, 0.29) is 18.0 Å². The maximum absolute atomic E-state index is 13.8. The van der Waals surface area contributed by atoms with Crippen molar-refractivity contribution >= 4 is 17.6 Å². The van der Waals surface area contributed by atoms with Crippen molar-refractivity contribution in [3.8, 4) is 0 Å². The molecule has 47 heavy (non-hydrogen) atoms. The van der Waals surface area contributed by atoms with Gasteiger partial charge in [-0.3, -0.25) is 4.90 Å². The van der Waals surface area contributed by atoms with Crippen molar-refractivity contribution in [1.29, 1.82) is 0 Å². The third-order valence-electron chi connectivity index (χ3n) is 10.3. The van der Waals surface area contributed by atoms with Gasteiger partial charge in [0.25, 0.3) is 5.92 Å². The maximum atomic E-state index is 13.8. The van der Waals surface area contributed by atoms with Crippen molar-refractivity contribution in [2.24, 2.45) is 5.41 Å². The summed E-state index contributed by atoms with van der Waals surface area (Å²) in [6, 6.07) is 11.9. The Bertz CT molecular complexity index is 1320. The number of hydrogen-bond acceptors (Lipinski definition) is 5. The van der Waals surface area contributed by atoms with E-state index in [9.17, 15) is 13.6 Å². The molecular formula is C39H57ClF2N2O3. The molecular weight excluding hydrogens is 618 g/mol. The highest BCUT2D eigenvalue weighted by Gasteiger charge is 2.35. The highest BCUT2D eigenvalue weighted by molar-refractivity contribution is 6.30. The number of alkyl halides is 2. The van der Waals surface area contributed by atoms with E-state index in [1.807, 2.05) is 26.1 Å². The molecule has 2 aromatic carbocycles. The van der Waals surface area contributed by atoms with Gasteiger partial charge in [-0.15, -0.1) is 0 Å². The Morgan fingerprint density at radius 1 is 1.09 bits per heavy atom. The van der Waals surface area contributed by atoms with Crippen molar-refractivity contribution in [3.63, 3.8) is 0 Å². The van der Waals surface area contributed by atoms with Gasteiger partial charge in [0.05, 0.1) is 12.7 Å². The lowest BCUT2D eigenvalue weighted by Gasteiger charge is -2.35. The summed E-state index contributed by atoms with van der Waals surface area (Å²) in [4.78, 5) is 18.5. The molecule has 2 aromatic rings. The Morgan fingerprint density at radius 3 is 2.45 bits per heavy atom. The van der Waals surface area contributed by atoms with Crippen molar-refractivity contribution in [1.82, 2.24) is 9.80 Å². The molecule has 2 fully saturated rings. The number of esters is 1. The monoisotopic (exact) mass is 674 g/mol. The third-order valence-corrected chi connectivity index (χ3v) is 10.6. The van der Waals surface area contributed by atoms with Crippen molar-refractivity contribution in [3.05, 3.63) is 69.2 Å². The molecule has 1 aliphatic carbocycles. The minimum Gasteiger partial charge on any atom is -0.465 e. The van der Waals surface area contributed by atoms with Gasteiger partial charge < -0.3 is 14.4 Å². The minimum absolute atomic E-state index is 0.161. The molecule has 8 heteroatoms. The van der Waals surface area contributed by atoms with E-state index in [0.717, 1.165) is 81.2 Å². The molecule has 0 spiro atoms. The number of rotatable bonds is 15. The molecule has 1 aliphatic heterocycles. The second kappa shape index (κ2) is 16.6. The first-order chi connectivity index (χ1) is 22.2. The van der Waals surface area contributed by atoms with E-state index in [1.165, 1.54) is 23.1 Å². The molecule has 4 rings (SSSR count). The summed E-state index contributed by atoms with van der Waals surface area (Å²) in [7, 11) is 2.04. The number of nitrogens with zero attached hydrogens (tertiary/aromatic N) is 2. The zero-order chi connectivity index (χ0) is 34.4. The number of likely N-dealkylation sites (tertiary alicyclic amines) is 1. The Balaban J connectivity index is 1.54. The summed E-state index contributed by atoms with van der Waals surface area (Å²) in [6.07, 6.45) is 6.09. The van der Waals surface area contributed by atoms with Crippen LogP contribution in [-0.4, -0.2) is 74.2 Å². The Labute approximate surface area is 287 Å². The van der Waals surface area contributed by atoms with E-state index < -0.39 is 18.6 Å². The molecule has 262 valence electrons. The number of likely N-dealkylation sites (N-methyl/N-ethyl adjacent to an activating group) is 1. The molecule has 0 amide bonds. The van der Waals surface area contributed by atoms with Gasteiger partial charge in [-0.1, -0.05) is 49.7 Å². The van der Waals surface area contributed by atoms with E-state index in [1.54, 1.807) is 0 Å². The fraction of sp³-hybridized carbons (Fsp3) is 0.667. The van der Waals surface area contributed by atoms with E-state index >= 15 is 0 Å². The molecule has 1 saturated heterocycles. The van der Waals surface area contributed by atoms with Crippen molar-refractivity contribution in [2.75, 3.05) is 46.4 Å². The standard InChI is InChI=1S/C39H57ClF2N2O3/c1-8-46-37(45)36(33-11-9-10-28(3)35(33)30-13-16-32(17-14-30)47-26-39(6,41)42)43(7)21-18-29(34-24-31(40)15-12-27(34)2)19-22-44-23-20-38(4,5)25-44/h9-12,15,24,29-30,32,36H,8,13-14,16-23,25-26H2,1-7H3/t29-,30?,32?,36?/m1/s1. The minimum atomic E-state index is -2.83. The summed E-state index contributed by atoms with van der Waals surface area (Å²) in [5, 5.41) is 0.753. The molecule has 0 radical (unpaired) electrons. The zero-order valence-corrected chi connectivity index (χ0v) is 30.5. The lowest BCUT2D eigenvalue weighted by molar-refractivity contribution is -0.149. The number of carbonyl (C=O) groups excluding carboxylic acids is 1. The van der Waals surface area contributed by atoms with Crippen LogP contribution in [0.3, 0.4) is 0 Å². The first-order valence-corrected chi connectivity index (χ1v) is 18.0. The highest BCUT2D eigenvalue weighted by Crippen LogP contribution is 2.41. The smallest absolute Gasteiger partial charge is 0.328 e. The normalized spacial score (nSPS) is 21.6. The Kier molecular flexibility index (Phi) is 13.3. The van der Waals surface area contributed by atoms with Gasteiger partial charge in [-0.05, 0) is 150 Å². The lowest BCUT2D eigenvalue weighted by atomic mass is 9.77. The first kappa shape index (κ1) is 37.8. The number of aryl methyl sites for hydroxylation is 2. The third kappa shape index (κ3) is 10.7. The topological polar surface area (TPSA) is 42.0 Å². The highest BCUT2D eigenvalue weighted by atomic mass is 35.5. The fourth-order valence-electron chi connectivity index (χ4n) is 7.80. The van der Waals surface area contributed by atoms with Gasteiger partial charge in [-0.25, -0.2) is 13.6 Å². The first-order valence-electron chi connectivity index (χ1n) is 17.6. The van der Waals surface area contributed by atoms with Crippen LogP contribution >= 0.6 is 11.6 Å².